The van der Waals surface area contributed by atoms with Crippen LogP contribution in [0.15, 0.2) is 42.5 Å². The molecule has 2 nitrogen and oxygen atoms in total. The molecule has 2 saturated carbocycles. The molecule has 3 N–H and O–H groups in total. The van der Waals surface area contributed by atoms with Crippen LogP contribution in [0.25, 0.3) is 10.8 Å². The number of fused-ring (bicyclic) bond motifs is 2. The summed E-state index contributed by atoms with van der Waals surface area (Å²) >= 11 is 0. The second-order valence-electron chi connectivity index (χ2n) is 6.45. The molecule has 2 aromatic carbocycles. The second-order valence-corrected chi connectivity index (χ2v) is 6.45. The Morgan fingerprint density at radius 3 is 2.60 bits per heavy atom. The third-order valence-corrected chi connectivity index (χ3v) is 5.47. The molecule has 0 heterocycles. The fourth-order valence-corrected chi connectivity index (χ4v) is 4.49. The molecule has 2 aliphatic rings. The third-order valence-electron chi connectivity index (χ3n) is 5.47. The molecule has 0 bridgehead atoms. The van der Waals surface area contributed by atoms with Gasteiger partial charge in [-0.2, -0.15) is 0 Å². The molecule has 0 amide bonds. The molecule has 2 aliphatic carbocycles. The first-order valence-corrected chi connectivity index (χ1v) is 7.81. The van der Waals surface area contributed by atoms with Gasteiger partial charge in [-0.15, -0.1) is 0 Å². The van der Waals surface area contributed by atoms with Crippen LogP contribution in [0.2, 0.25) is 0 Å². The summed E-state index contributed by atoms with van der Waals surface area (Å²) in [5, 5.41) is 2.71. The Bertz CT molecular complexity index is 606. The van der Waals surface area contributed by atoms with Crippen LogP contribution in [0.5, 0.6) is 0 Å². The Morgan fingerprint density at radius 1 is 1.05 bits per heavy atom. The van der Waals surface area contributed by atoms with Gasteiger partial charge in [0, 0.05) is 6.04 Å². The van der Waals surface area contributed by atoms with E-state index < -0.39 is 0 Å². The average Bonchev–Trinajstić information content (AvgIpc) is 2.96. The highest BCUT2D eigenvalue weighted by atomic mass is 15.2. The Hall–Kier alpha value is -1.38. The minimum atomic E-state index is 0.441. The average molecular weight is 266 g/mol. The molecule has 3 unspecified atom stereocenters. The van der Waals surface area contributed by atoms with Gasteiger partial charge in [0.2, 0.25) is 0 Å². The van der Waals surface area contributed by atoms with Crippen LogP contribution in [-0.4, -0.2) is 6.04 Å². The molecule has 4 rings (SSSR count). The van der Waals surface area contributed by atoms with Crippen LogP contribution < -0.4 is 11.3 Å². The van der Waals surface area contributed by atoms with Gasteiger partial charge in [0.05, 0.1) is 0 Å². The molecule has 0 saturated heterocycles. The van der Waals surface area contributed by atoms with E-state index in [0.717, 1.165) is 24.2 Å². The van der Waals surface area contributed by atoms with Gasteiger partial charge in [0.1, 0.15) is 0 Å². The molecule has 0 aliphatic heterocycles. The van der Waals surface area contributed by atoms with Crippen molar-refractivity contribution >= 4 is 10.8 Å². The lowest BCUT2D eigenvalue weighted by Crippen LogP contribution is -2.39. The van der Waals surface area contributed by atoms with Crippen molar-refractivity contribution in [2.75, 3.05) is 0 Å². The number of nitrogens with one attached hydrogen (secondary N) is 1. The standard InChI is InChI=1S/C18H22N2/c19-20-17(18-15-9-4-10-16(15)18)11-13-7-3-6-12-5-1-2-8-14(12)13/h1-3,5-8,15-18,20H,4,9-11,19H2. The van der Waals surface area contributed by atoms with Crippen LogP contribution in [0, 0.1) is 17.8 Å². The molecule has 0 aromatic heterocycles. The zero-order chi connectivity index (χ0) is 13.5. The highest BCUT2D eigenvalue weighted by molar-refractivity contribution is 5.85. The third kappa shape index (κ3) is 1.95. The number of hydrogen-bond donors (Lipinski definition) is 2. The first-order chi connectivity index (χ1) is 9.88. The highest BCUT2D eigenvalue weighted by Crippen LogP contribution is 2.59. The number of rotatable bonds is 4. The van der Waals surface area contributed by atoms with Gasteiger partial charge in [0.25, 0.3) is 0 Å². The maximum absolute atomic E-state index is 5.86. The minimum Gasteiger partial charge on any atom is -0.271 e. The summed E-state index contributed by atoms with van der Waals surface area (Å²) in [7, 11) is 0. The fraction of sp³-hybridized carbons (Fsp3) is 0.444. The molecule has 0 radical (unpaired) electrons. The van der Waals surface area contributed by atoms with Crippen molar-refractivity contribution in [1.82, 2.24) is 5.43 Å². The summed E-state index contributed by atoms with van der Waals surface area (Å²) in [5.74, 6) is 8.57. The largest absolute Gasteiger partial charge is 0.271 e. The zero-order valence-electron chi connectivity index (χ0n) is 11.8. The summed E-state index contributed by atoms with van der Waals surface area (Å²) in [5.41, 5.74) is 4.53. The predicted molar refractivity (Wildman–Crippen MR) is 83.1 cm³/mol. The van der Waals surface area contributed by atoms with E-state index in [1.54, 1.807) is 0 Å². The van der Waals surface area contributed by atoms with Gasteiger partial charge >= 0.3 is 0 Å². The summed E-state index contributed by atoms with van der Waals surface area (Å²) in [6.07, 6.45) is 5.32. The summed E-state index contributed by atoms with van der Waals surface area (Å²) in [6, 6.07) is 15.7. The summed E-state index contributed by atoms with van der Waals surface area (Å²) < 4.78 is 0. The monoisotopic (exact) mass is 266 g/mol. The smallest absolute Gasteiger partial charge is 0.0284 e. The lowest BCUT2D eigenvalue weighted by atomic mass is 9.94. The summed E-state index contributed by atoms with van der Waals surface area (Å²) in [6.45, 7) is 0. The topological polar surface area (TPSA) is 38.0 Å². The van der Waals surface area contributed by atoms with E-state index in [4.69, 9.17) is 5.84 Å². The zero-order valence-corrected chi connectivity index (χ0v) is 11.8. The van der Waals surface area contributed by atoms with Gasteiger partial charge in [-0.05, 0) is 53.4 Å². The number of nitrogens with two attached hydrogens (primary N) is 1. The van der Waals surface area contributed by atoms with E-state index in [1.165, 1.54) is 35.6 Å². The Labute approximate surface area is 120 Å². The van der Waals surface area contributed by atoms with Crippen molar-refractivity contribution in [2.24, 2.45) is 23.6 Å². The van der Waals surface area contributed by atoms with E-state index in [0.29, 0.717) is 6.04 Å². The number of hydrazine groups is 1. The maximum Gasteiger partial charge on any atom is 0.0284 e. The van der Waals surface area contributed by atoms with Crippen molar-refractivity contribution in [3.8, 4) is 0 Å². The van der Waals surface area contributed by atoms with Crippen LogP contribution in [0.4, 0.5) is 0 Å². The van der Waals surface area contributed by atoms with Gasteiger partial charge in [-0.1, -0.05) is 48.9 Å². The Balaban J connectivity index is 1.60. The van der Waals surface area contributed by atoms with Gasteiger partial charge in [-0.3, -0.25) is 11.3 Å². The molecule has 20 heavy (non-hydrogen) atoms. The molecular weight excluding hydrogens is 244 g/mol. The van der Waals surface area contributed by atoms with E-state index >= 15 is 0 Å². The lowest BCUT2D eigenvalue weighted by Gasteiger charge is -2.19. The van der Waals surface area contributed by atoms with Crippen LogP contribution >= 0.6 is 0 Å². The maximum atomic E-state index is 5.86. The second kappa shape index (κ2) is 4.87. The van der Waals surface area contributed by atoms with E-state index in [-0.39, 0.29) is 0 Å². The predicted octanol–water partition coefficient (Wildman–Crippen LogP) is 3.26. The van der Waals surface area contributed by atoms with Crippen LogP contribution in [0.3, 0.4) is 0 Å². The van der Waals surface area contributed by atoms with Crippen molar-refractivity contribution in [3.05, 3.63) is 48.0 Å². The van der Waals surface area contributed by atoms with Gasteiger partial charge in [-0.25, -0.2) is 0 Å². The Kier molecular flexibility index (Phi) is 3.01. The molecular formula is C18H22N2. The van der Waals surface area contributed by atoms with Gasteiger partial charge < -0.3 is 0 Å². The van der Waals surface area contributed by atoms with Crippen molar-refractivity contribution in [3.63, 3.8) is 0 Å². The van der Waals surface area contributed by atoms with Crippen molar-refractivity contribution in [2.45, 2.75) is 31.7 Å². The molecule has 104 valence electrons. The quantitative estimate of drug-likeness (QED) is 0.658. The molecule has 3 atom stereocenters. The molecule has 2 heteroatoms. The van der Waals surface area contributed by atoms with E-state index in [2.05, 4.69) is 47.9 Å². The lowest BCUT2D eigenvalue weighted by molar-refractivity contribution is 0.411. The summed E-state index contributed by atoms with van der Waals surface area (Å²) in [4.78, 5) is 0. The first kappa shape index (κ1) is 12.4. The number of benzene rings is 2. The molecule has 2 fully saturated rings. The Morgan fingerprint density at radius 2 is 1.80 bits per heavy atom. The molecule has 2 aromatic rings. The van der Waals surface area contributed by atoms with Crippen LogP contribution in [0.1, 0.15) is 24.8 Å². The normalized spacial score (nSPS) is 29.4. The highest BCUT2D eigenvalue weighted by Gasteiger charge is 2.55. The van der Waals surface area contributed by atoms with Crippen LogP contribution in [-0.2, 0) is 6.42 Å². The van der Waals surface area contributed by atoms with Crippen molar-refractivity contribution in [1.29, 1.82) is 0 Å². The van der Waals surface area contributed by atoms with E-state index in [9.17, 15) is 0 Å². The molecule has 0 spiro atoms. The minimum absolute atomic E-state index is 0.441. The van der Waals surface area contributed by atoms with Crippen molar-refractivity contribution < 1.29 is 0 Å². The fourth-order valence-electron chi connectivity index (χ4n) is 4.49. The SMILES string of the molecule is NNC(Cc1cccc2ccccc12)C1C2CCCC21. The van der Waals surface area contributed by atoms with Gasteiger partial charge in [0.15, 0.2) is 0 Å². The first-order valence-electron chi connectivity index (χ1n) is 7.81. The van der Waals surface area contributed by atoms with E-state index in [1.807, 2.05) is 0 Å². The number of hydrogen-bond acceptors (Lipinski definition) is 2.